The number of H-pyrrole nitrogens is 1. The molecule has 0 radical (unpaired) electrons. The van der Waals surface area contributed by atoms with Gasteiger partial charge in [-0.25, -0.2) is 24.1 Å². The summed E-state index contributed by atoms with van der Waals surface area (Å²) in [4.78, 5) is 28.9. The lowest BCUT2D eigenvalue weighted by Crippen LogP contribution is -2.25. The summed E-state index contributed by atoms with van der Waals surface area (Å²) in [7, 11) is 0. The molecule has 10 heteroatoms. The van der Waals surface area contributed by atoms with Crippen molar-refractivity contribution in [1.82, 2.24) is 19.9 Å². The minimum Gasteiger partial charge on any atom is -0.443 e. The Kier molecular flexibility index (Phi) is 4.46. The second-order valence-electron chi connectivity index (χ2n) is 5.31. The van der Waals surface area contributed by atoms with Crippen molar-refractivity contribution in [2.24, 2.45) is 0 Å². The lowest BCUT2D eigenvalue weighted by atomic mass is 10.3. The van der Waals surface area contributed by atoms with Crippen LogP contribution in [0.5, 0.6) is 0 Å². The van der Waals surface area contributed by atoms with Gasteiger partial charge >= 0.3 is 6.09 Å². The first-order chi connectivity index (χ1) is 12.1. The molecule has 1 saturated heterocycles. The number of hydrogen-bond acceptors (Lipinski definition) is 6. The van der Waals surface area contributed by atoms with Crippen LogP contribution in [0.2, 0.25) is 0 Å². The molecule has 3 aromatic rings. The number of halogens is 2. The van der Waals surface area contributed by atoms with Crippen molar-refractivity contribution in [3.8, 4) is 0 Å². The molecule has 1 atom stereocenters. The van der Waals surface area contributed by atoms with Crippen LogP contribution in [0.25, 0.3) is 11.2 Å². The topological polar surface area (TPSA) is 84.0 Å². The predicted molar refractivity (Wildman–Crippen MR) is 99.1 cm³/mol. The predicted octanol–water partition coefficient (Wildman–Crippen LogP) is 3.21. The Balaban J connectivity index is 1.45. The van der Waals surface area contributed by atoms with Gasteiger partial charge in [-0.05, 0) is 40.8 Å². The van der Waals surface area contributed by atoms with Crippen molar-refractivity contribution < 1.29 is 13.9 Å². The van der Waals surface area contributed by atoms with Gasteiger partial charge in [0.1, 0.15) is 28.8 Å². The van der Waals surface area contributed by atoms with Gasteiger partial charge in [0.2, 0.25) is 0 Å². The summed E-state index contributed by atoms with van der Waals surface area (Å²) in [6.45, 7) is 0.364. The standard InChI is InChI=1S/C15H11FIN5O2S/c16-10-3-8(1-2-11(10)17)22-4-9(24-15(22)23)5-25-14-12-13(19-6-18-12)20-7-21-14/h1-3,6-7,9H,4-5H2,(H,18,19,20,21)/t9-/m1/s1. The minimum atomic E-state index is -0.472. The Labute approximate surface area is 159 Å². The zero-order valence-corrected chi connectivity index (χ0v) is 15.6. The van der Waals surface area contributed by atoms with Crippen LogP contribution in [-0.2, 0) is 4.74 Å². The largest absolute Gasteiger partial charge is 0.443 e. The van der Waals surface area contributed by atoms with Crippen LogP contribution in [0.4, 0.5) is 14.9 Å². The number of amides is 1. The van der Waals surface area contributed by atoms with Crippen LogP contribution in [-0.4, -0.2) is 44.4 Å². The van der Waals surface area contributed by atoms with Crippen LogP contribution in [0, 0.1) is 9.39 Å². The summed E-state index contributed by atoms with van der Waals surface area (Å²) in [6.07, 6.45) is 2.23. The molecule has 0 saturated carbocycles. The van der Waals surface area contributed by atoms with E-state index in [9.17, 15) is 9.18 Å². The average molecular weight is 471 g/mol. The first kappa shape index (κ1) is 16.5. The molecule has 7 nitrogen and oxygen atoms in total. The van der Waals surface area contributed by atoms with Crippen molar-refractivity contribution in [2.45, 2.75) is 11.1 Å². The molecule has 2 aromatic heterocycles. The Bertz CT molecular complexity index is 953. The number of benzene rings is 1. The molecule has 1 aromatic carbocycles. The van der Waals surface area contributed by atoms with E-state index in [0.717, 1.165) is 10.5 Å². The van der Waals surface area contributed by atoms with Gasteiger partial charge in [-0.15, -0.1) is 11.8 Å². The summed E-state index contributed by atoms with van der Waals surface area (Å²) in [5, 5.41) is 0.748. The summed E-state index contributed by atoms with van der Waals surface area (Å²) in [5.41, 5.74) is 1.85. The first-order valence-electron chi connectivity index (χ1n) is 7.32. The van der Waals surface area contributed by atoms with Gasteiger partial charge in [-0.3, -0.25) is 4.90 Å². The van der Waals surface area contributed by atoms with Gasteiger partial charge < -0.3 is 9.72 Å². The molecule has 1 amide bonds. The molecule has 128 valence electrons. The molecule has 3 heterocycles. The van der Waals surface area contributed by atoms with Crippen molar-refractivity contribution >= 4 is 57.3 Å². The van der Waals surface area contributed by atoms with Crippen LogP contribution in [0.3, 0.4) is 0 Å². The molecule has 1 aliphatic rings. The van der Waals surface area contributed by atoms with E-state index in [1.807, 2.05) is 22.6 Å². The molecule has 1 fully saturated rings. The summed E-state index contributed by atoms with van der Waals surface area (Å²) < 4.78 is 19.6. The monoisotopic (exact) mass is 471 g/mol. The van der Waals surface area contributed by atoms with Crippen LogP contribution < -0.4 is 4.90 Å². The van der Waals surface area contributed by atoms with Gasteiger partial charge in [0.05, 0.1) is 18.6 Å². The molecule has 0 bridgehead atoms. The number of fused-ring (bicyclic) bond motifs is 1. The Morgan fingerprint density at radius 2 is 2.28 bits per heavy atom. The highest BCUT2D eigenvalue weighted by molar-refractivity contribution is 14.1. The maximum atomic E-state index is 13.7. The van der Waals surface area contributed by atoms with Gasteiger partial charge in [0, 0.05) is 9.32 Å². The third-order valence-electron chi connectivity index (χ3n) is 3.68. The Morgan fingerprint density at radius 3 is 3.12 bits per heavy atom. The van der Waals surface area contributed by atoms with Crippen molar-refractivity contribution in [3.63, 3.8) is 0 Å². The van der Waals surface area contributed by atoms with E-state index in [4.69, 9.17) is 4.74 Å². The second-order valence-corrected chi connectivity index (χ2v) is 7.48. The number of hydrogen-bond donors (Lipinski definition) is 1. The van der Waals surface area contributed by atoms with Crippen LogP contribution >= 0.6 is 34.4 Å². The molecule has 1 N–H and O–H groups in total. The van der Waals surface area contributed by atoms with Gasteiger partial charge in [-0.1, -0.05) is 0 Å². The van der Waals surface area contributed by atoms with Crippen LogP contribution in [0.15, 0.2) is 35.9 Å². The van der Waals surface area contributed by atoms with E-state index in [1.165, 1.54) is 29.1 Å². The van der Waals surface area contributed by atoms with E-state index < -0.39 is 6.09 Å². The third-order valence-corrected chi connectivity index (χ3v) is 5.68. The summed E-state index contributed by atoms with van der Waals surface area (Å²) in [6, 6.07) is 4.69. The lowest BCUT2D eigenvalue weighted by Gasteiger charge is -2.13. The maximum Gasteiger partial charge on any atom is 0.414 e. The number of carbonyl (C=O) groups is 1. The fourth-order valence-electron chi connectivity index (χ4n) is 2.50. The highest BCUT2D eigenvalue weighted by atomic mass is 127. The average Bonchev–Trinajstić information content (AvgIpc) is 3.22. The number of aromatic nitrogens is 4. The SMILES string of the molecule is O=C1O[C@@H](CSc2ncnc3nc[nH]c23)CN1c1ccc(I)c(F)c1. The van der Waals surface area contributed by atoms with E-state index >= 15 is 0 Å². The zero-order valence-electron chi connectivity index (χ0n) is 12.6. The fraction of sp³-hybridized carbons (Fsp3) is 0.200. The molecule has 0 unspecified atom stereocenters. The van der Waals surface area contributed by atoms with Gasteiger partial charge in [0.15, 0.2) is 5.65 Å². The number of nitrogens with one attached hydrogen (secondary N) is 1. The van der Waals surface area contributed by atoms with Crippen molar-refractivity contribution in [2.75, 3.05) is 17.2 Å². The molecule has 0 spiro atoms. The van der Waals surface area contributed by atoms with Crippen molar-refractivity contribution in [3.05, 3.63) is 40.2 Å². The van der Waals surface area contributed by atoms with Crippen LogP contribution in [0.1, 0.15) is 0 Å². The number of imidazole rings is 1. The molecule has 0 aliphatic carbocycles. The molecular formula is C15H11FIN5O2S. The quantitative estimate of drug-likeness (QED) is 0.358. The lowest BCUT2D eigenvalue weighted by molar-refractivity contribution is 0.151. The fourth-order valence-corrected chi connectivity index (χ4v) is 3.77. The molecule has 25 heavy (non-hydrogen) atoms. The Morgan fingerprint density at radius 1 is 1.40 bits per heavy atom. The second kappa shape index (κ2) is 6.75. The number of anilines is 1. The third kappa shape index (κ3) is 3.27. The number of carbonyl (C=O) groups excluding carboxylic acids is 1. The zero-order chi connectivity index (χ0) is 17.4. The molecule has 4 rings (SSSR count). The number of thioether (sulfide) groups is 1. The number of cyclic esters (lactones) is 1. The van der Waals surface area contributed by atoms with Gasteiger partial charge in [0.25, 0.3) is 0 Å². The van der Waals surface area contributed by atoms with E-state index in [1.54, 1.807) is 18.5 Å². The number of aromatic amines is 1. The van der Waals surface area contributed by atoms with Gasteiger partial charge in [-0.2, -0.15) is 0 Å². The first-order valence-corrected chi connectivity index (χ1v) is 9.38. The number of ether oxygens (including phenoxy) is 1. The Hall–Kier alpha value is -1.95. The summed E-state index contributed by atoms with van der Waals surface area (Å²) in [5.74, 6) is 0.173. The maximum absolute atomic E-state index is 13.7. The number of rotatable bonds is 4. The van der Waals surface area contributed by atoms with E-state index in [2.05, 4.69) is 19.9 Å². The van der Waals surface area contributed by atoms with E-state index in [-0.39, 0.29) is 11.9 Å². The normalized spacial score (nSPS) is 17.3. The van der Waals surface area contributed by atoms with E-state index in [0.29, 0.717) is 27.2 Å². The number of nitrogens with zero attached hydrogens (tertiary/aromatic N) is 4. The molecular weight excluding hydrogens is 460 g/mol. The highest BCUT2D eigenvalue weighted by Crippen LogP contribution is 2.28. The minimum absolute atomic E-state index is 0.312. The van der Waals surface area contributed by atoms with Crippen molar-refractivity contribution in [1.29, 1.82) is 0 Å². The smallest absolute Gasteiger partial charge is 0.414 e. The highest BCUT2D eigenvalue weighted by Gasteiger charge is 2.32. The summed E-state index contributed by atoms with van der Waals surface area (Å²) >= 11 is 3.36. The molecule has 1 aliphatic heterocycles.